The van der Waals surface area contributed by atoms with E-state index in [2.05, 4.69) is 24.1 Å². The third-order valence-electron chi connectivity index (χ3n) is 5.21. The third kappa shape index (κ3) is 5.60. The van der Waals surface area contributed by atoms with Crippen molar-refractivity contribution < 1.29 is 9.59 Å². The molecule has 2 aromatic rings. The Morgan fingerprint density at radius 3 is 2.62 bits per heavy atom. The summed E-state index contributed by atoms with van der Waals surface area (Å²) in [4.78, 5) is 33.3. The molecule has 1 aromatic heterocycles. The highest BCUT2D eigenvalue weighted by Gasteiger charge is 2.33. The summed E-state index contributed by atoms with van der Waals surface area (Å²) in [6.45, 7) is 7.26. The SMILES string of the molecule is Cc1cccnc1NC(=O)[C@H]1CCCN(C(=O)[C@H](Sc2ccccc2)C(C)C)C1. The number of carbonyl (C=O) groups is 2. The number of aromatic nitrogens is 1. The van der Waals surface area contributed by atoms with Gasteiger partial charge in [0.05, 0.1) is 11.2 Å². The Bertz CT molecular complexity index is 841. The number of nitrogens with zero attached hydrogens (tertiary/aromatic N) is 2. The number of likely N-dealkylation sites (tertiary alicyclic amines) is 1. The Hall–Kier alpha value is -2.34. The van der Waals surface area contributed by atoms with E-state index < -0.39 is 0 Å². The van der Waals surface area contributed by atoms with Gasteiger partial charge in [0.25, 0.3) is 0 Å². The van der Waals surface area contributed by atoms with E-state index in [1.807, 2.05) is 54.3 Å². The summed E-state index contributed by atoms with van der Waals surface area (Å²) in [7, 11) is 0. The monoisotopic (exact) mass is 411 g/mol. The smallest absolute Gasteiger partial charge is 0.236 e. The molecule has 0 spiro atoms. The highest BCUT2D eigenvalue weighted by atomic mass is 32.2. The van der Waals surface area contributed by atoms with Crippen LogP contribution in [0.4, 0.5) is 5.82 Å². The number of nitrogens with one attached hydrogen (secondary N) is 1. The number of pyridine rings is 1. The van der Waals surface area contributed by atoms with E-state index in [0.717, 1.165) is 23.3 Å². The van der Waals surface area contributed by atoms with Crippen LogP contribution in [0.15, 0.2) is 53.6 Å². The van der Waals surface area contributed by atoms with Crippen LogP contribution in [0.5, 0.6) is 0 Å². The van der Waals surface area contributed by atoms with Crippen LogP contribution < -0.4 is 5.32 Å². The van der Waals surface area contributed by atoms with Crippen molar-refractivity contribution in [2.45, 2.75) is 43.8 Å². The molecule has 2 heterocycles. The second-order valence-electron chi connectivity index (χ2n) is 7.88. The topological polar surface area (TPSA) is 62.3 Å². The van der Waals surface area contributed by atoms with E-state index in [0.29, 0.717) is 18.9 Å². The minimum absolute atomic E-state index is 0.0545. The summed E-state index contributed by atoms with van der Waals surface area (Å²) in [5, 5.41) is 2.78. The lowest BCUT2D eigenvalue weighted by atomic mass is 9.96. The van der Waals surface area contributed by atoms with Gasteiger partial charge in [-0.2, -0.15) is 0 Å². The van der Waals surface area contributed by atoms with E-state index in [9.17, 15) is 9.59 Å². The van der Waals surface area contributed by atoms with E-state index in [1.165, 1.54) is 0 Å². The van der Waals surface area contributed by atoms with E-state index in [4.69, 9.17) is 0 Å². The minimum atomic E-state index is -0.205. The Morgan fingerprint density at radius 2 is 1.93 bits per heavy atom. The van der Waals surface area contributed by atoms with Crippen molar-refractivity contribution in [3.05, 3.63) is 54.2 Å². The largest absolute Gasteiger partial charge is 0.341 e. The van der Waals surface area contributed by atoms with Crippen LogP contribution in [0, 0.1) is 18.8 Å². The number of amides is 2. The summed E-state index contributed by atoms with van der Waals surface area (Å²) >= 11 is 1.61. The number of hydrogen-bond donors (Lipinski definition) is 1. The lowest BCUT2D eigenvalue weighted by molar-refractivity contribution is -0.134. The van der Waals surface area contributed by atoms with E-state index in [-0.39, 0.29) is 28.9 Å². The van der Waals surface area contributed by atoms with Gasteiger partial charge in [0, 0.05) is 24.2 Å². The molecule has 1 fully saturated rings. The molecule has 0 unspecified atom stereocenters. The Balaban J connectivity index is 1.66. The molecule has 6 heteroatoms. The summed E-state index contributed by atoms with van der Waals surface area (Å²) < 4.78 is 0. The van der Waals surface area contributed by atoms with Crippen molar-refractivity contribution >= 4 is 29.4 Å². The summed E-state index contributed by atoms with van der Waals surface area (Å²) in [6.07, 6.45) is 3.30. The maximum absolute atomic E-state index is 13.3. The summed E-state index contributed by atoms with van der Waals surface area (Å²) in [5.74, 6) is 0.670. The zero-order valence-electron chi connectivity index (χ0n) is 17.3. The summed E-state index contributed by atoms with van der Waals surface area (Å²) in [5.41, 5.74) is 0.934. The molecule has 2 atom stereocenters. The average molecular weight is 412 g/mol. The van der Waals surface area contributed by atoms with Crippen molar-refractivity contribution in [1.82, 2.24) is 9.88 Å². The lowest BCUT2D eigenvalue weighted by Crippen LogP contribution is -2.47. The van der Waals surface area contributed by atoms with Crippen LogP contribution in [0.2, 0.25) is 0 Å². The fourth-order valence-electron chi connectivity index (χ4n) is 3.52. The van der Waals surface area contributed by atoms with E-state index in [1.54, 1.807) is 18.0 Å². The fourth-order valence-corrected chi connectivity index (χ4v) is 4.65. The number of anilines is 1. The maximum atomic E-state index is 13.3. The van der Waals surface area contributed by atoms with Gasteiger partial charge >= 0.3 is 0 Å². The van der Waals surface area contributed by atoms with Gasteiger partial charge in [-0.3, -0.25) is 9.59 Å². The van der Waals surface area contributed by atoms with Crippen LogP contribution in [-0.4, -0.2) is 40.0 Å². The second-order valence-corrected chi connectivity index (χ2v) is 9.09. The maximum Gasteiger partial charge on any atom is 0.236 e. The van der Waals surface area contributed by atoms with Gasteiger partial charge in [0.15, 0.2) is 0 Å². The minimum Gasteiger partial charge on any atom is -0.341 e. The molecule has 0 bridgehead atoms. The first-order chi connectivity index (χ1) is 14.0. The molecule has 1 aliphatic heterocycles. The highest BCUT2D eigenvalue weighted by molar-refractivity contribution is 8.00. The van der Waals surface area contributed by atoms with Crippen molar-refractivity contribution in [2.24, 2.45) is 11.8 Å². The molecule has 154 valence electrons. The third-order valence-corrected chi connectivity index (χ3v) is 6.75. The molecule has 0 aliphatic carbocycles. The molecule has 1 saturated heterocycles. The predicted octanol–water partition coefficient (Wildman–Crippen LogP) is 4.38. The Labute approximate surface area is 177 Å². The van der Waals surface area contributed by atoms with Gasteiger partial charge in [0.1, 0.15) is 5.82 Å². The van der Waals surface area contributed by atoms with Crippen molar-refractivity contribution in [1.29, 1.82) is 0 Å². The average Bonchev–Trinajstić information content (AvgIpc) is 2.74. The van der Waals surface area contributed by atoms with Crippen LogP contribution in [-0.2, 0) is 9.59 Å². The first kappa shape index (κ1) is 21.4. The zero-order valence-corrected chi connectivity index (χ0v) is 18.1. The number of thioether (sulfide) groups is 1. The molecule has 0 saturated carbocycles. The number of piperidine rings is 1. The number of hydrogen-bond acceptors (Lipinski definition) is 4. The fraction of sp³-hybridized carbons (Fsp3) is 0.435. The van der Waals surface area contributed by atoms with Crippen molar-refractivity contribution in [3.8, 4) is 0 Å². The molecule has 1 aromatic carbocycles. The number of rotatable bonds is 6. The molecule has 3 rings (SSSR count). The molecular formula is C23H29N3O2S. The first-order valence-corrected chi connectivity index (χ1v) is 11.1. The molecule has 0 radical (unpaired) electrons. The molecule has 5 nitrogen and oxygen atoms in total. The van der Waals surface area contributed by atoms with Crippen LogP contribution >= 0.6 is 11.8 Å². The first-order valence-electron chi connectivity index (χ1n) is 10.2. The second kappa shape index (κ2) is 9.92. The number of carbonyl (C=O) groups excluding carboxylic acids is 2. The number of benzene rings is 1. The Kier molecular flexibility index (Phi) is 7.31. The lowest BCUT2D eigenvalue weighted by Gasteiger charge is -2.35. The van der Waals surface area contributed by atoms with Gasteiger partial charge in [-0.1, -0.05) is 38.1 Å². The van der Waals surface area contributed by atoms with E-state index >= 15 is 0 Å². The molecule has 2 amide bonds. The zero-order chi connectivity index (χ0) is 20.8. The van der Waals surface area contributed by atoms with Crippen molar-refractivity contribution in [2.75, 3.05) is 18.4 Å². The Morgan fingerprint density at radius 1 is 1.17 bits per heavy atom. The standard InChI is InChI=1S/C23H29N3O2S/c1-16(2)20(29-19-11-5-4-6-12-19)23(28)26-14-8-10-18(15-26)22(27)25-21-17(3)9-7-13-24-21/h4-7,9,11-13,16,18,20H,8,10,14-15H2,1-3H3,(H,24,25,27)/t18-,20+/m0/s1. The molecule has 29 heavy (non-hydrogen) atoms. The van der Waals surface area contributed by atoms with Gasteiger partial charge in [-0.15, -0.1) is 11.8 Å². The van der Waals surface area contributed by atoms with Gasteiger partial charge in [-0.25, -0.2) is 4.98 Å². The normalized spacial score (nSPS) is 17.8. The van der Waals surface area contributed by atoms with Crippen LogP contribution in [0.3, 0.4) is 0 Å². The van der Waals surface area contributed by atoms with Gasteiger partial charge < -0.3 is 10.2 Å². The number of aryl methyl sites for hydroxylation is 1. The molecule has 1 N–H and O–H groups in total. The van der Waals surface area contributed by atoms with Crippen molar-refractivity contribution in [3.63, 3.8) is 0 Å². The van der Waals surface area contributed by atoms with Crippen LogP contribution in [0.1, 0.15) is 32.3 Å². The highest BCUT2D eigenvalue weighted by Crippen LogP contribution is 2.31. The summed E-state index contributed by atoms with van der Waals surface area (Å²) in [6, 6.07) is 13.8. The van der Waals surface area contributed by atoms with Gasteiger partial charge in [-0.05, 0) is 49.4 Å². The van der Waals surface area contributed by atoms with Gasteiger partial charge in [0.2, 0.25) is 11.8 Å². The quantitative estimate of drug-likeness (QED) is 0.717. The molecule has 1 aliphatic rings. The van der Waals surface area contributed by atoms with Crippen LogP contribution in [0.25, 0.3) is 0 Å². The molecular weight excluding hydrogens is 382 g/mol. The predicted molar refractivity (Wildman–Crippen MR) is 118 cm³/mol.